The molecule has 6 nitrogen and oxygen atoms in total. The first kappa shape index (κ1) is 15.4. The van der Waals surface area contributed by atoms with E-state index in [-0.39, 0.29) is 15.7 Å². The van der Waals surface area contributed by atoms with Crippen LogP contribution < -0.4 is 4.72 Å². The highest BCUT2D eigenvalue weighted by atomic mass is 32.2. The molecule has 0 atom stereocenters. The molecule has 1 aliphatic rings. The van der Waals surface area contributed by atoms with Crippen molar-refractivity contribution in [1.29, 1.82) is 0 Å². The normalized spacial score (nSPS) is 18.9. The highest BCUT2D eigenvalue weighted by Crippen LogP contribution is 2.31. The zero-order valence-electron chi connectivity index (χ0n) is 10.8. The predicted octanol–water partition coefficient (Wildman–Crippen LogP) is 1.42. The summed E-state index contributed by atoms with van der Waals surface area (Å²) in [7, 11) is -3.80. The number of aromatic carboxylic acids is 1. The Kier molecular flexibility index (Phi) is 4.48. The number of carboxylic acid groups (broad SMARTS) is 1. The van der Waals surface area contributed by atoms with Crippen LogP contribution in [-0.4, -0.2) is 36.7 Å². The second-order valence-electron chi connectivity index (χ2n) is 5.03. The number of rotatable bonds is 5. The van der Waals surface area contributed by atoms with Crippen LogP contribution in [0.25, 0.3) is 0 Å². The summed E-state index contributed by atoms with van der Waals surface area (Å²) in [6.45, 7) is -0.247. The Bertz CT molecular complexity index is 587. The molecule has 0 amide bonds. The highest BCUT2D eigenvalue weighted by molar-refractivity contribution is 7.91. The summed E-state index contributed by atoms with van der Waals surface area (Å²) in [5.41, 5.74) is -0.815. The Hall–Kier alpha value is -0.960. The minimum atomic E-state index is -3.80. The van der Waals surface area contributed by atoms with Crippen molar-refractivity contribution in [2.45, 2.75) is 41.9 Å². The molecular weight excluding hydrogens is 302 g/mol. The summed E-state index contributed by atoms with van der Waals surface area (Å²) in [5, 5.41) is 18.4. The summed E-state index contributed by atoms with van der Waals surface area (Å²) in [5.74, 6) is -1.15. The average molecular weight is 319 g/mol. The summed E-state index contributed by atoms with van der Waals surface area (Å²) in [6.07, 6.45) is 3.97. The Balaban J connectivity index is 2.23. The van der Waals surface area contributed by atoms with Crippen LogP contribution in [-0.2, 0) is 10.0 Å². The third kappa shape index (κ3) is 3.20. The van der Waals surface area contributed by atoms with Crippen LogP contribution in [0.4, 0.5) is 0 Å². The molecule has 20 heavy (non-hydrogen) atoms. The number of thiophene rings is 1. The van der Waals surface area contributed by atoms with Crippen LogP contribution in [0, 0.1) is 0 Å². The molecule has 0 spiro atoms. The van der Waals surface area contributed by atoms with E-state index in [1.807, 2.05) is 0 Å². The number of hydrogen-bond acceptors (Lipinski definition) is 5. The zero-order valence-corrected chi connectivity index (χ0v) is 12.5. The Morgan fingerprint density at radius 2 is 1.95 bits per heavy atom. The fourth-order valence-electron chi connectivity index (χ4n) is 2.44. The van der Waals surface area contributed by atoms with Crippen molar-refractivity contribution < 1.29 is 23.4 Å². The third-order valence-electron chi connectivity index (χ3n) is 3.52. The fraction of sp³-hybridized carbons (Fsp3) is 0.583. The van der Waals surface area contributed by atoms with Crippen LogP contribution in [0.1, 0.15) is 41.8 Å². The van der Waals surface area contributed by atoms with Crippen molar-refractivity contribution in [3.63, 3.8) is 0 Å². The Labute approximate surface area is 121 Å². The minimum Gasteiger partial charge on any atom is -0.477 e. The van der Waals surface area contributed by atoms with Gasteiger partial charge in [0.1, 0.15) is 9.09 Å². The van der Waals surface area contributed by atoms with Crippen LogP contribution in [0.2, 0.25) is 0 Å². The molecule has 0 aromatic carbocycles. The van der Waals surface area contributed by atoms with Crippen molar-refractivity contribution in [3.8, 4) is 0 Å². The first-order valence-corrected chi connectivity index (χ1v) is 8.66. The smallest absolute Gasteiger partial charge is 0.345 e. The third-order valence-corrected chi connectivity index (χ3v) is 6.66. The topological polar surface area (TPSA) is 104 Å². The monoisotopic (exact) mass is 319 g/mol. The maximum Gasteiger partial charge on any atom is 0.345 e. The summed E-state index contributed by atoms with van der Waals surface area (Å²) >= 11 is 0.714. The van der Waals surface area contributed by atoms with E-state index in [1.165, 1.54) is 12.1 Å². The molecule has 0 saturated heterocycles. The van der Waals surface area contributed by atoms with E-state index in [2.05, 4.69) is 4.72 Å². The van der Waals surface area contributed by atoms with Crippen LogP contribution in [0.15, 0.2) is 16.3 Å². The Morgan fingerprint density at radius 1 is 1.30 bits per heavy atom. The molecule has 112 valence electrons. The van der Waals surface area contributed by atoms with Gasteiger partial charge < -0.3 is 10.2 Å². The van der Waals surface area contributed by atoms with Gasteiger partial charge in [-0.15, -0.1) is 11.3 Å². The van der Waals surface area contributed by atoms with Crippen molar-refractivity contribution in [1.82, 2.24) is 4.72 Å². The molecule has 0 unspecified atom stereocenters. The van der Waals surface area contributed by atoms with Crippen LogP contribution >= 0.6 is 11.3 Å². The zero-order chi connectivity index (χ0) is 14.8. The number of nitrogens with one attached hydrogen (secondary N) is 1. The van der Waals surface area contributed by atoms with E-state index in [0.717, 1.165) is 19.3 Å². The first-order valence-electron chi connectivity index (χ1n) is 6.37. The molecule has 8 heteroatoms. The lowest BCUT2D eigenvalue weighted by molar-refractivity contribution is 0.0702. The van der Waals surface area contributed by atoms with Crippen LogP contribution in [0.3, 0.4) is 0 Å². The molecule has 0 radical (unpaired) electrons. The molecule has 1 fully saturated rings. The van der Waals surface area contributed by atoms with E-state index < -0.39 is 21.5 Å². The van der Waals surface area contributed by atoms with E-state index in [0.29, 0.717) is 24.2 Å². The van der Waals surface area contributed by atoms with Gasteiger partial charge in [0.05, 0.1) is 12.1 Å². The van der Waals surface area contributed by atoms with Crippen molar-refractivity contribution >= 4 is 27.3 Å². The van der Waals surface area contributed by atoms with Gasteiger partial charge in [-0.05, 0) is 25.0 Å². The van der Waals surface area contributed by atoms with Crippen molar-refractivity contribution in [2.24, 2.45) is 0 Å². The molecular formula is C12H17NO5S2. The summed E-state index contributed by atoms with van der Waals surface area (Å²) in [4.78, 5) is 10.8. The van der Waals surface area contributed by atoms with Gasteiger partial charge in [-0.1, -0.05) is 19.3 Å². The average Bonchev–Trinajstić information content (AvgIpc) is 2.90. The minimum absolute atomic E-state index is 0.0212. The highest BCUT2D eigenvalue weighted by Gasteiger charge is 2.36. The van der Waals surface area contributed by atoms with Gasteiger partial charge in [0.2, 0.25) is 0 Å². The lowest BCUT2D eigenvalue weighted by atomic mass is 9.83. The standard InChI is InChI=1S/C12H17NO5S2/c14-8-12(6-2-1-3-7-12)13-20(17,18)10-5-4-9(19-10)11(15)16/h4-5,13-14H,1-3,6-8H2,(H,15,16). The van der Waals surface area contributed by atoms with Crippen molar-refractivity contribution in [2.75, 3.05) is 6.61 Å². The largest absolute Gasteiger partial charge is 0.477 e. The molecule has 1 aliphatic carbocycles. The maximum atomic E-state index is 12.3. The number of aliphatic hydroxyl groups is 1. The SMILES string of the molecule is O=C(O)c1ccc(S(=O)(=O)NC2(CO)CCCCC2)s1. The summed E-state index contributed by atoms with van der Waals surface area (Å²) < 4.78 is 27.1. The molecule has 1 heterocycles. The molecule has 0 aliphatic heterocycles. The van der Waals surface area contributed by atoms with Gasteiger partial charge in [-0.3, -0.25) is 0 Å². The lowest BCUT2D eigenvalue weighted by Gasteiger charge is -2.35. The second kappa shape index (κ2) is 5.80. The van der Waals surface area contributed by atoms with E-state index >= 15 is 0 Å². The molecule has 3 N–H and O–H groups in total. The lowest BCUT2D eigenvalue weighted by Crippen LogP contribution is -2.52. The Morgan fingerprint density at radius 3 is 2.45 bits per heavy atom. The molecule has 0 bridgehead atoms. The molecule has 1 aromatic rings. The van der Waals surface area contributed by atoms with Gasteiger partial charge in [-0.25, -0.2) is 17.9 Å². The molecule has 1 saturated carbocycles. The number of carboxylic acids is 1. The van der Waals surface area contributed by atoms with Crippen LogP contribution in [0.5, 0.6) is 0 Å². The number of carbonyl (C=O) groups is 1. The number of hydrogen-bond donors (Lipinski definition) is 3. The van der Waals surface area contributed by atoms with E-state index in [9.17, 15) is 18.3 Å². The summed E-state index contributed by atoms with van der Waals surface area (Å²) in [6, 6.07) is 2.55. The van der Waals surface area contributed by atoms with Gasteiger partial charge >= 0.3 is 5.97 Å². The van der Waals surface area contributed by atoms with Crippen molar-refractivity contribution in [3.05, 3.63) is 17.0 Å². The number of aliphatic hydroxyl groups excluding tert-OH is 1. The van der Waals surface area contributed by atoms with Gasteiger partial charge in [-0.2, -0.15) is 0 Å². The number of sulfonamides is 1. The predicted molar refractivity (Wildman–Crippen MR) is 74.5 cm³/mol. The second-order valence-corrected chi connectivity index (χ2v) is 8.02. The molecule has 1 aromatic heterocycles. The fourth-order valence-corrected chi connectivity index (χ4v) is 5.03. The van der Waals surface area contributed by atoms with Gasteiger partial charge in [0, 0.05) is 0 Å². The van der Waals surface area contributed by atoms with E-state index in [4.69, 9.17) is 5.11 Å². The van der Waals surface area contributed by atoms with Gasteiger partial charge in [0.25, 0.3) is 10.0 Å². The first-order chi connectivity index (χ1) is 9.38. The van der Waals surface area contributed by atoms with E-state index in [1.54, 1.807) is 0 Å². The maximum absolute atomic E-state index is 12.3. The molecule has 2 rings (SSSR count). The van der Waals surface area contributed by atoms with Gasteiger partial charge in [0.15, 0.2) is 0 Å². The quantitative estimate of drug-likeness (QED) is 0.761.